The molecule has 3 N–H and O–H groups in total. The SMILES string of the molecule is CC(=NNC(=O)CSCc1ccc(Cl)cc1)c1cc(O)ccc1O. The Labute approximate surface area is 149 Å². The van der Waals surface area contributed by atoms with Crippen LogP contribution in [0.3, 0.4) is 0 Å². The Bertz CT molecular complexity index is 748. The summed E-state index contributed by atoms with van der Waals surface area (Å²) in [6.07, 6.45) is 0. The van der Waals surface area contributed by atoms with E-state index in [0.29, 0.717) is 22.1 Å². The Hall–Kier alpha value is -2.18. The van der Waals surface area contributed by atoms with Gasteiger partial charge in [0.2, 0.25) is 5.91 Å². The van der Waals surface area contributed by atoms with Gasteiger partial charge in [0.1, 0.15) is 11.5 Å². The summed E-state index contributed by atoms with van der Waals surface area (Å²) in [6, 6.07) is 11.6. The van der Waals surface area contributed by atoms with Crippen LogP contribution in [0, 0.1) is 0 Å². The van der Waals surface area contributed by atoms with Crippen LogP contribution >= 0.6 is 23.4 Å². The number of rotatable bonds is 6. The second-order valence-electron chi connectivity index (χ2n) is 5.05. The van der Waals surface area contributed by atoms with Gasteiger partial charge in [0.25, 0.3) is 0 Å². The molecule has 0 aromatic heterocycles. The average Bonchev–Trinajstić information content (AvgIpc) is 2.56. The highest BCUT2D eigenvalue weighted by Crippen LogP contribution is 2.22. The smallest absolute Gasteiger partial charge is 0.250 e. The van der Waals surface area contributed by atoms with Gasteiger partial charge in [-0.15, -0.1) is 11.8 Å². The fraction of sp³-hybridized carbons (Fsp3) is 0.176. The highest BCUT2D eigenvalue weighted by molar-refractivity contribution is 7.99. The lowest BCUT2D eigenvalue weighted by molar-refractivity contribution is -0.118. The summed E-state index contributed by atoms with van der Waals surface area (Å²) in [7, 11) is 0. The van der Waals surface area contributed by atoms with E-state index >= 15 is 0 Å². The molecule has 2 aromatic carbocycles. The lowest BCUT2D eigenvalue weighted by Crippen LogP contribution is -2.21. The number of nitrogens with one attached hydrogen (secondary N) is 1. The molecule has 0 atom stereocenters. The number of hydrazone groups is 1. The fourth-order valence-corrected chi connectivity index (χ4v) is 2.80. The van der Waals surface area contributed by atoms with E-state index in [4.69, 9.17) is 11.6 Å². The lowest BCUT2D eigenvalue weighted by atomic mass is 10.1. The first-order valence-electron chi connectivity index (χ1n) is 7.13. The van der Waals surface area contributed by atoms with E-state index in [1.807, 2.05) is 24.3 Å². The second kappa shape index (κ2) is 8.61. The third-order valence-corrected chi connectivity index (χ3v) is 4.39. The van der Waals surface area contributed by atoms with E-state index < -0.39 is 0 Å². The van der Waals surface area contributed by atoms with E-state index in [9.17, 15) is 15.0 Å². The molecule has 0 unspecified atom stereocenters. The molecule has 0 heterocycles. The number of phenols is 2. The molecule has 0 radical (unpaired) electrons. The van der Waals surface area contributed by atoms with Crippen molar-refractivity contribution in [1.82, 2.24) is 5.43 Å². The van der Waals surface area contributed by atoms with Crippen molar-refractivity contribution in [3.63, 3.8) is 0 Å². The maximum atomic E-state index is 11.8. The van der Waals surface area contributed by atoms with Crippen molar-refractivity contribution in [1.29, 1.82) is 0 Å². The molecule has 1 amide bonds. The van der Waals surface area contributed by atoms with Gasteiger partial charge >= 0.3 is 0 Å². The first kappa shape index (κ1) is 18.2. The average molecular weight is 365 g/mol. The molecule has 5 nitrogen and oxygen atoms in total. The Morgan fingerprint density at radius 3 is 2.62 bits per heavy atom. The van der Waals surface area contributed by atoms with Crippen molar-refractivity contribution in [2.75, 3.05) is 5.75 Å². The van der Waals surface area contributed by atoms with Crippen molar-refractivity contribution < 1.29 is 15.0 Å². The third kappa shape index (κ3) is 5.47. The predicted molar refractivity (Wildman–Crippen MR) is 97.7 cm³/mol. The maximum Gasteiger partial charge on any atom is 0.250 e. The standard InChI is InChI=1S/C17H17ClN2O3S/c1-11(15-8-14(21)6-7-16(15)22)19-20-17(23)10-24-9-12-2-4-13(18)5-3-12/h2-8,21-22H,9-10H2,1H3,(H,20,23). The Morgan fingerprint density at radius 2 is 1.92 bits per heavy atom. The number of hydrogen-bond acceptors (Lipinski definition) is 5. The summed E-state index contributed by atoms with van der Waals surface area (Å²) in [5.41, 5.74) is 4.29. The van der Waals surface area contributed by atoms with Crippen LogP contribution in [0.15, 0.2) is 47.6 Å². The molecule has 7 heteroatoms. The Morgan fingerprint density at radius 1 is 1.21 bits per heavy atom. The quantitative estimate of drug-likeness (QED) is 0.416. The number of carbonyl (C=O) groups excluding carboxylic acids is 1. The summed E-state index contributed by atoms with van der Waals surface area (Å²) >= 11 is 7.28. The molecule has 0 fully saturated rings. The summed E-state index contributed by atoms with van der Waals surface area (Å²) in [6.45, 7) is 1.63. The van der Waals surface area contributed by atoms with Crippen LogP contribution in [0.2, 0.25) is 5.02 Å². The number of hydrogen-bond donors (Lipinski definition) is 3. The zero-order valence-corrected chi connectivity index (χ0v) is 14.6. The maximum absolute atomic E-state index is 11.8. The minimum Gasteiger partial charge on any atom is -0.508 e. The number of amides is 1. The van der Waals surface area contributed by atoms with Gasteiger partial charge in [-0.05, 0) is 42.8 Å². The molecule has 0 aliphatic rings. The number of nitrogens with zero attached hydrogens (tertiary/aromatic N) is 1. The van der Waals surface area contributed by atoms with Gasteiger partial charge < -0.3 is 10.2 Å². The van der Waals surface area contributed by atoms with Gasteiger partial charge in [0.15, 0.2) is 0 Å². The number of aromatic hydroxyl groups is 2. The molecule has 126 valence electrons. The first-order chi connectivity index (χ1) is 11.5. The van der Waals surface area contributed by atoms with Crippen LogP contribution in [-0.2, 0) is 10.5 Å². The molecule has 2 aromatic rings. The molecular formula is C17H17ClN2O3S. The normalized spacial score (nSPS) is 11.3. The van der Waals surface area contributed by atoms with E-state index in [1.54, 1.807) is 6.92 Å². The van der Waals surface area contributed by atoms with Gasteiger partial charge in [-0.1, -0.05) is 23.7 Å². The number of halogens is 1. The molecule has 24 heavy (non-hydrogen) atoms. The van der Waals surface area contributed by atoms with Crippen molar-refractivity contribution >= 4 is 35.0 Å². The van der Waals surface area contributed by atoms with Gasteiger partial charge in [-0.2, -0.15) is 5.10 Å². The van der Waals surface area contributed by atoms with Crippen LogP contribution < -0.4 is 5.43 Å². The number of thioether (sulfide) groups is 1. The minimum atomic E-state index is -0.243. The molecule has 0 saturated heterocycles. The van der Waals surface area contributed by atoms with Crippen LogP contribution in [0.4, 0.5) is 0 Å². The summed E-state index contributed by atoms with van der Waals surface area (Å²) in [4.78, 5) is 11.8. The molecule has 0 saturated carbocycles. The van der Waals surface area contributed by atoms with E-state index in [2.05, 4.69) is 10.5 Å². The molecule has 0 aliphatic heterocycles. The number of phenolic OH excluding ortho intramolecular Hbond substituents is 2. The fourth-order valence-electron chi connectivity index (χ4n) is 1.89. The largest absolute Gasteiger partial charge is 0.508 e. The van der Waals surface area contributed by atoms with Crippen LogP contribution in [-0.4, -0.2) is 27.6 Å². The Balaban J connectivity index is 1.83. The number of carbonyl (C=O) groups is 1. The van der Waals surface area contributed by atoms with Gasteiger partial charge in [0, 0.05) is 16.3 Å². The third-order valence-electron chi connectivity index (χ3n) is 3.13. The number of benzene rings is 2. The highest BCUT2D eigenvalue weighted by atomic mass is 35.5. The van der Waals surface area contributed by atoms with Gasteiger partial charge in [-0.3, -0.25) is 4.79 Å². The van der Waals surface area contributed by atoms with E-state index in [1.165, 1.54) is 30.0 Å². The van der Waals surface area contributed by atoms with Crippen LogP contribution in [0.25, 0.3) is 0 Å². The Kier molecular flexibility index (Phi) is 6.52. The minimum absolute atomic E-state index is 0.0135. The molecule has 2 rings (SSSR count). The van der Waals surface area contributed by atoms with E-state index in [-0.39, 0.29) is 23.2 Å². The monoisotopic (exact) mass is 364 g/mol. The van der Waals surface area contributed by atoms with Crippen molar-refractivity contribution in [3.05, 3.63) is 58.6 Å². The second-order valence-corrected chi connectivity index (χ2v) is 6.47. The molecule has 0 bridgehead atoms. The zero-order valence-electron chi connectivity index (χ0n) is 13.0. The highest BCUT2D eigenvalue weighted by Gasteiger charge is 2.07. The summed E-state index contributed by atoms with van der Waals surface area (Å²) < 4.78 is 0. The van der Waals surface area contributed by atoms with Crippen LogP contribution in [0.5, 0.6) is 11.5 Å². The predicted octanol–water partition coefficient (Wildman–Crippen LogP) is 3.52. The molecule has 0 aliphatic carbocycles. The topological polar surface area (TPSA) is 81.9 Å². The first-order valence-corrected chi connectivity index (χ1v) is 8.66. The van der Waals surface area contributed by atoms with Crippen molar-refractivity contribution in [3.8, 4) is 11.5 Å². The summed E-state index contributed by atoms with van der Waals surface area (Å²) in [5, 5.41) is 23.8. The summed E-state index contributed by atoms with van der Waals surface area (Å²) in [5.74, 6) is 0.710. The zero-order chi connectivity index (χ0) is 17.5. The van der Waals surface area contributed by atoms with E-state index in [0.717, 1.165) is 5.56 Å². The van der Waals surface area contributed by atoms with Gasteiger partial charge in [-0.25, -0.2) is 5.43 Å². The molecular weight excluding hydrogens is 348 g/mol. The van der Waals surface area contributed by atoms with Crippen molar-refractivity contribution in [2.45, 2.75) is 12.7 Å². The molecule has 0 spiro atoms. The van der Waals surface area contributed by atoms with Gasteiger partial charge in [0.05, 0.1) is 11.5 Å². The lowest BCUT2D eigenvalue weighted by Gasteiger charge is -2.06. The van der Waals surface area contributed by atoms with Crippen LogP contribution in [0.1, 0.15) is 18.1 Å². The van der Waals surface area contributed by atoms with Crippen molar-refractivity contribution in [2.24, 2.45) is 5.10 Å².